The molecule has 1 rings (SSSR count). The fraction of sp³-hybridized carbons (Fsp3) is 0.667. The monoisotopic (exact) mass is 308 g/mol. The molecule has 0 spiro atoms. The number of esters is 2. The second kappa shape index (κ2) is 8.16. The smallest absolute Gasteiger partial charge is 0.335 e. The van der Waals surface area contributed by atoms with Gasteiger partial charge in [-0.25, -0.2) is 9.59 Å². The molecule has 1 aliphatic rings. The fourth-order valence-corrected chi connectivity index (χ4v) is 3.12. The minimum atomic E-state index is -0.403. The van der Waals surface area contributed by atoms with Crippen LogP contribution in [-0.2, 0) is 19.1 Å². The molecule has 0 heterocycles. The predicted molar refractivity (Wildman–Crippen MR) is 86.2 cm³/mol. The minimum Gasteiger partial charge on any atom is -0.463 e. The highest BCUT2D eigenvalue weighted by Crippen LogP contribution is 2.40. The van der Waals surface area contributed by atoms with Crippen LogP contribution in [0.25, 0.3) is 0 Å². The van der Waals surface area contributed by atoms with Gasteiger partial charge in [0.25, 0.3) is 0 Å². The molecule has 0 aromatic carbocycles. The first kappa shape index (κ1) is 18.5. The first-order valence-corrected chi connectivity index (χ1v) is 8.18. The van der Waals surface area contributed by atoms with Gasteiger partial charge in [-0.1, -0.05) is 38.8 Å². The molecule has 1 aliphatic carbocycles. The van der Waals surface area contributed by atoms with Gasteiger partial charge in [0.1, 0.15) is 0 Å². The van der Waals surface area contributed by atoms with E-state index < -0.39 is 5.97 Å². The first-order valence-electron chi connectivity index (χ1n) is 8.18. The maximum Gasteiger partial charge on any atom is 0.335 e. The van der Waals surface area contributed by atoms with E-state index in [-0.39, 0.29) is 17.8 Å². The molecule has 0 bridgehead atoms. The van der Waals surface area contributed by atoms with Crippen LogP contribution in [0, 0.1) is 11.8 Å². The Bertz CT molecular complexity index is 499. The van der Waals surface area contributed by atoms with Crippen molar-refractivity contribution in [3.63, 3.8) is 0 Å². The van der Waals surface area contributed by atoms with E-state index in [4.69, 9.17) is 9.47 Å². The van der Waals surface area contributed by atoms with Crippen LogP contribution in [0.5, 0.6) is 0 Å². The molecular formula is C18H28O4. The Balaban J connectivity index is 3.34. The Morgan fingerprint density at radius 1 is 0.955 bits per heavy atom. The summed E-state index contributed by atoms with van der Waals surface area (Å²) < 4.78 is 10.5. The quantitative estimate of drug-likeness (QED) is 0.553. The van der Waals surface area contributed by atoms with E-state index in [0.717, 1.165) is 18.4 Å². The lowest BCUT2D eigenvalue weighted by Gasteiger charge is -2.32. The number of ether oxygens (including phenoxy) is 2. The Morgan fingerprint density at radius 3 is 2.00 bits per heavy atom. The lowest BCUT2D eigenvalue weighted by molar-refractivity contribution is -0.143. The van der Waals surface area contributed by atoms with Crippen LogP contribution < -0.4 is 0 Å². The van der Waals surface area contributed by atoms with Gasteiger partial charge in [-0.05, 0) is 26.7 Å². The second-order valence-electron chi connectivity index (χ2n) is 5.69. The van der Waals surface area contributed by atoms with Crippen molar-refractivity contribution < 1.29 is 19.1 Å². The number of hydrogen-bond acceptors (Lipinski definition) is 4. The summed E-state index contributed by atoms with van der Waals surface area (Å²) in [7, 11) is 0. The molecular weight excluding hydrogens is 280 g/mol. The van der Waals surface area contributed by atoms with Crippen molar-refractivity contribution in [1.29, 1.82) is 0 Å². The summed E-state index contributed by atoms with van der Waals surface area (Å²) in [4.78, 5) is 24.9. The number of carbonyl (C=O) groups excluding carboxylic acids is 2. The van der Waals surface area contributed by atoms with Crippen molar-refractivity contribution in [3.8, 4) is 0 Å². The summed E-state index contributed by atoms with van der Waals surface area (Å²) in [6, 6.07) is 0. The third-order valence-corrected chi connectivity index (χ3v) is 4.37. The Kier molecular flexibility index (Phi) is 6.85. The van der Waals surface area contributed by atoms with E-state index in [1.807, 2.05) is 27.7 Å². The van der Waals surface area contributed by atoms with Gasteiger partial charge in [0.2, 0.25) is 0 Å². The van der Waals surface area contributed by atoms with Crippen molar-refractivity contribution in [2.45, 2.75) is 54.4 Å². The van der Waals surface area contributed by atoms with Crippen LogP contribution in [0.4, 0.5) is 0 Å². The molecule has 124 valence electrons. The van der Waals surface area contributed by atoms with Gasteiger partial charge in [-0.2, -0.15) is 0 Å². The molecule has 2 unspecified atom stereocenters. The molecule has 0 aliphatic heterocycles. The second-order valence-corrected chi connectivity index (χ2v) is 5.69. The summed E-state index contributed by atoms with van der Waals surface area (Å²) in [5.41, 5.74) is 3.31. The summed E-state index contributed by atoms with van der Waals surface area (Å²) in [6.07, 6.45) is 1.62. The van der Waals surface area contributed by atoms with E-state index in [1.54, 1.807) is 6.92 Å². The minimum absolute atomic E-state index is 0.107. The maximum atomic E-state index is 12.5. The summed E-state index contributed by atoms with van der Waals surface area (Å²) in [6.45, 7) is 12.4. The standard InChI is InChI=1S/C18H28O4/c1-7-10-22-18(20)16-13(6)14(8-2)11(4)12(5)15(16)17(19)21-9-3/h12-13H,7-10H2,1-6H3. The van der Waals surface area contributed by atoms with Crippen molar-refractivity contribution >= 4 is 11.9 Å². The molecule has 0 aromatic rings. The molecule has 4 heteroatoms. The molecule has 0 N–H and O–H groups in total. The highest BCUT2D eigenvalue weighted by atomic mass is 16.5. The lowest BCUT2D eigenvalue weighted by atomic mass is 9.73. The SMILES string of the molecule is CCCOC(=O)C1=C(C(=O)OCC)C(C)C(C)=C(CC)C1C. The van der Waals surface area contributed by atoms with Crippen LogP contribution in [0.3, 0.4) is 0 Å². The van der Waals surface area contributed by atoms with Gasteiger partial charge < -0.3 is 9.47 Å². The van der Waals surface area contributed by atoms with Gasteiger partial charge in [-0.3, -0.25) is 0 Å². The van der Waals surface area contributed by atoms with Crippen molar-refractivity contribution in [2.75, 3.05) is 13.2 Å². The third-order valence-electron chi connectivity index (χ3n) is 4.37. The van der Waals surface area contributed by atoms with Crippen LogP contribution in [0.2, 0.25) is 0 Å². The molecule has 0 amide bonds. The molecule has 0 aromatic heterocycles. The topological polar surface area (TPSA) is 52.6 Å². The number of rotatable bonds is 6. The van der Waals surface area contributed by atoms with E-state index >= 15 is 0 Å². The first-order chi connectivity index (χ1) is 10.4. The average Bonchev–Trinajstić information content (AvgIpc) is 2.48. The number of carbonyl (C=O) groups is 2. The van der Waals surface area contributed by atoms with Crippen molar-refractivity contribution in [1.82, 2.24) is 0 Å². The van der Waals surface area contributed by atoms with Gasteiger partial charge in [0.05, 0.1) is 24.4 Å². The molecule has 2 atom stereocenters. The largest absolute Gasteiger partial charge is 0.463 e. The van der Waals surface area contributed by atoms with Gasteiger partial charge in [-0.15, -0.1) is 0 Å². The molecule has 0 radical (unpaired) electrons. The number of hydrogen-bond donors (Lipinski definition) is 0. The van der Waals surface area contributed by atoms with Gasteiger partial charge in [0, 0.05) is 11.8 Å². The molecule has 0 saturated carbocycles. The van der Waals surface area contributed by atoms with Crippen LogP contribution in [0.1, 0.15) is 54.4 Å². The van der Waals surface area contributed by atoms with Crippen LogP contribution >= 0.6 is 0 Å². The average molecular weight is 308 g/mol. The molecule has 22 heavy (non-hydrogen) atoms. The summed E-state index contributed by atoms with van der Waals surface area (Å²) in [5.74, 6) is -1.01. The summed E-state index contributed by atoms with van der Waals surface area (Å²) in [5, 5.41) is 0. The van der Waals surface area contributed by atoms with Crippen LogP contribution in [0.15, 0.2) is 22.3 Å². The molecule has 4 nitrogen and oxygen atoms in total. The van der Waals surface area contributed by atoms with Gasteiger partial charge in [0.15, 0.2) is 0 Å². The number of allylic oxidation sites excluding steroid dienone is 2. The lowest BCUT2D eigenvalue weighted by Crippen LogP contribution is -2.30. The Morgan fingerprint density at radius 2 is 1.50 bits per heavy atom. The zero-order valence-corrected chi connectivity index (χ0v) is 14.6. The van der Waals surface area contributed by atoms with Crippen molar-refractivity contribution in [2.24, 2.45) is 11.8 Å². The fourth-order valence-electron chi connectivity index (χ4n) is 3.12. The summed E-state index contributed by atoms with van der Waals surface area (Å²) >= 11 is 0. The third kappa shape index (κ3) is 3.60. The predicted octanol–water partition coefficient (Wildman–Crippen LogP) is 3.81. The Labute approximate surface area is 133 Å². The van der Waals surface area contributed by atoms with Crippen LogP contribution in [-0.4, -0.2) is 25.2 Å². The highest BCUT2D eigenvalue weighted by Gasteiger charge is 2.37. The normalized spacial score (nSPS) is 21.9. The molecule has 0 saturated heterocycles. The maximum absolute atomic E-state index is 12.5. The van der Waals surface area contributed by atoms with E-state index in [0.29, 0.717) is 24.4 Å². The van der Waals surface area contributed by atoms with E-state index in [9.17, 15) is 9.59 Å². The highest BCUT2D eigenvalue weighted by molar-refractivity contribution is 6.02. The molecule has 0 fully saturated rings. The van der Waals surface area contributed by atoms with Gasteiger partial charge >= 0.3 is 11.9 Å². The van der Waals surface area contributed by atoms with E-state index in [1.165, 1.54) is 5.57 Å². The van der Waals surface area contributed by atoms with Crippen molar-refractivity contribution in [3.05, 3.63) is 22.3 Å². The zero-order valence-electron chi connectivity index (χ0n) is 14.6. The Hall–Kier alpha value is -1.58. The van der Waals surface area contributed by atoms with E-state index in [2.05, 4.69) is 6.92 Å². The zero-order chi connectivity index (χ0) is 16.9.